The molecule has 0 fully saturated rings. The summed E-state index contributed by atoms with van der Waals surface area (Å²) in [5.74, 6) is 1.23. The molecule has 1 radical (unpaired) electrons. The molecule has 0 saturated heterocycles. The zero-order valence-corrected chi connectivity index (χ0v) is 28.6. The number of aromatic nitrogens is 1. The van der Waals surface area contributed by atoms with Gasteiger partial charge in [-0.2, -0.15) is 0 Å². The number of carbonyl (C=O) groups excluding carboxylic acids is 1. The maximum Gasteiger partial charge on any atom is 0.155 e. The summed E-state index contributed by atoms with van der Waals surface area (Å²) in [5.41, 5.74) is 7.29. The van der Waals surface area contributed by atoms with Crippen LogP contribution in [-0.4, -0.2) is 15.9 Å². The number of rotatable bonds is 5. The molecule has 0 aliphatic carbocycles. The molecule has 7 aromatic rings. The van der Waals surface area contributed by atoms with E-state index in [0.717, 1.165) is 50.1 Å². The van der Waals surface area contributed by atoms with E-state index in [-0.39, 0.29) is 31.6 Å². The predicted molar refractivity (Wildman–Crippen MR) is 185 cm³/mol. The van der Waals surface area contributed by atoms with Crippen molar-refractivity contribution < 1.29 is 34.4 Å². The molecular formula is C41H34IrNO3-. The van der Waals surface area contributed by atoms with Crippen LogP contribution >= 0.6 is 0 Å². The summed E-state index contributed by atoms with van der Waals surface area (Å²) in [6.45, 7) is 7.35. The Morgan fingerprint density at radius 2 is 1.43 bits per heavy atom. The average Bonchev–Trinajstić information content (AvgIpc) is 3.48. The van der Waals surface area contributed by atoms with Crippen LogP contribution in [0.15, 0.2) is 132 Å². The summed E-state index contributed by atoms with van der Waals surface area (Å²) < 4.78 is 6.46. The van der Waals surface area contributed by atoms with Crippen molar-refractivity contribution in [1.29, 1.82) is 0 Å². The topological polar surface area (TPSA) is 63.3 Å². The number of hydrogen-bond donors (Lipinski definition) is 1. The van der Waals surface area contributed by atoms with Crippen LogP contribution in [0.5, 0.6) is 0 Å². The fourth-order valence-corrected chi connectivity index (χ4v) is 5.84. The minimum Gasteiger partial charge on any atom is -0.512 e. The van der Waals surface area contributed by atoms with Gasteiger partial charge in [0.15, 0.2) is 5.78 Å². The number of carbonyl (C=O) groups is 1. The maximum absolute atomic E-state index is 10.0. The van der Waals surface area contributed by atoms with Crippen LogP contribution in [-0.2, 0) is 24.9 Å². The van der Waals surface area contributed by atoms with Crippen molar-refractivity contribution in [2.75, 3.05) is 0 Å². The monoisotopic (exact) mass is 781 g/mol. The van der Waals surface area contributed by atoms with E-state index >= 15 is 0 Å². The third-order valence-electron chi connectivity index (χ3n) is 7.80. The summed E-state index contributed by atoms with van der Waals surface area (Å²) in [4.78, 5) is 14.9. The Morgan fingerprint density at radius 1 is 0.783 bits per heavy atom. The second kappa shape index (κ2) is 14.1. The van der Waals surface area contributed by atoms with Gasteiger partial charge in [-0.05, 0) is 64.1 Å². The zero-order valence-electron chi connectivity index (χ0n) is 26.2. The second-order valence-corrected chi connectivity index (χ2v) is 11.5. The van der Waals surface area contributed by atoms with Gasteiger partial charge in [0.05, 0.1) is 17.1 Å². The summed E-state index contributed by atoms with van der Waals surface area (Å²) in [5, 5.41) is 14.2. The maximum atomic E-state index is 10.0. The Kier molecular flexibility index (Phi) is 9.96. The van der Waals surface area contributed by atoms with Crippen LogP contribution in [0.2, 0.25) is 0 Å². The molecule has 0 bridgehead atoms. The van der Waals surface area contributed by atoms with Crippen LogP contribution in [0.4, 0.5) is 0 Å². The third-order valence-corrected chi connectivity index (χ3v) is 7.80. The van der Waals surface area contributed by atoms with Crippen molar-refractivity contribution in [3.05, 3.63) is 139 Å². The molecule has 5 heteroatoms. The molecule has 231 valence electrons. The first-order valence-corrected chi connectivity index (χ1v) is 15.1. The number of nitrogens with zero attached hydrogens (tertiary/aromatic N) is 1. The van der Waals surface area contributed by atoms with Gasteiger partial charge in [0.1, 0.15) is 0 Å². The number of pyridine rings is 1. The number of benzene rings is 5. The molecule has 1 N–H and O–H groups in total. The number of aliphatic hydroxyl groups is 1. The van der Waals surface area contributed by atoms with Crippen molar-refractivity contribution in [2.24, 2.45) is 0 Å². The summed E-state index contributed by atoms with van der Waals surface area (Å²) >= 11 is 0. The molecule has 0 saturated carbocycles. The Morgan fingerprint density at radius 3 is 2.07 bits per heavy atom. The molecule has 0 aliphatic heterocycles. The smallest absolute Gasteiger partial charge is 0.155 e. The zero-order chi connectivity index (χ0) is 31.5. The van der Waals surface area contributed by atoms with Gasteiger partial charge in [0.2, 0.25) is 0 Å². The van der Waals surface area contributed by atoms with Crippen LogP contribution in [0, 0.1) is 6.07 Å². The minimum atomic E-state index is -0.125. The average molecular weight is 781 g/mol. The number of furan rings is 1. The van der Waals surface area contributed by atoms with Crippen molar-refractivity contribution >= 4 is 38.3 Å². The Hall–Kier alpha value is -4.83. The molecule has 0 spiro atoms. The van der Waals surface area contributed by atoms with E-state index < -0.39 is 0 Å². The largest absolute Gasteiger partial charge is 0.512 e. The van der Waals surface area contributed by atoms with Gasteiger partial charge in [0.25, 0.3) is 0 Å². The Labute approximate surface area is 282 Å². The van der Waals surface area contributed by atoms with E-state index in [1.54, 1.807) is 0 Å². The van der Waals surface area contributed by atoms with Crippen molar-refractivity contribution in [3.8, 4) is 33.7 Å². The van der Waals surface area contributed by atoms with E-state index in [4.69, 9.17) is 14.5 Å². The van der Waals surface area contributed by atoms with Crippen LogP contribution in [0.1, 0.15) is 39.2 Å². The standard InChI is InChI=1S/C36H26NO.C5H8O2.Ir/c1-23(2)28-14-9-15-29-30(28)16-17-32-31(29)18-19-37-35(32)26-20-27-22-34(25-12-7-4-8-13-25)38-36(27)33(21-26)24-10-5-3-6-11-24;1-4(6)3-5(2)7;/h3-19,21-23H,1-2H3;3,6H,1-2H3;/q-1;;/b;4-3-;. The predicted octanol–water partition coefficient (Wildman–Crippen LogP) is 11.1. The first-order chi connectivity index (χ1) is 21.8. The SMILES string of the molecule is CC(=O)/C=C(/C)O.CC(C)c1cccc2c1ccc1c(-c3[c-]c4cc(-c5ccccc5)oc4c(-c4ccccc4)c3)nccc12.[Ir]. The molecule has 5 aromatic carbocycles. The molecular weight excluding hydrogens is 747 g/mol. The fourth-order valence-electron chi connectivity index (χ4n) is 5.84. The molecule has 2 aromatic heterocycles. The molecule has 0 atom stereocenters. The number of allylic oxidation sites excluding steroid dienone is 2. The van der Waals surface area contributed by atoms with Gasteiger partial charge in [0, 0.05) is 43.6 Å². The number of hydrogen-bond acceptors (Lipinski definition) is 4. The number of fused-ring (bicyclic) bond motifs is 4. The molecule has 4 nitrogen and oxygen atoms in total. The van der Waals surface area contributed by atoms with Crippen LogP contribution in [0.25, 0.3) is 66.2 Å². The van der Waals surface area contributed by atoms with E-state index in [1.165, 1.54) is 41.6 Å². The van der Waals surface area contributed by atoms with Gasteiger partial charge in [-0.1, -0.05) is 122 Å². The van der Waals surface area contributed by atoms with Crippen LogP contribution in [0.3, 0.4) is 0 Å². The van der Waals surface area contributed by atoms with E-state index in [0.29, 0.717) is 5.92 Å². The summed E-state index contributed by atoms with van der Waals surface area (Å²) in [6, 6.07) is 41.8. The summed E-state index contributed by atoms with van der Waals surface area (Å²) in [7, 11) is 0. The molecule has 46 heavy (non-hydrogen) atoms. The van der Waals surface area contributed by atoms with Crippen LogP contribution < -0.4 is 0 Å². The van der Waals surface area contributed by atoms with E-state index in [1.807, 2.05) is 30.5 Å². The summed E-state index contributed by atoms with van der Waals surface area (Å²) in [6.07, 6.45) is 3.09. The van der Waals surface area contributed by atoms with E-state index in [2.05, 4.69) is 105 Å². The quantitative estimate of drug-likeness (QED) is 0.0818. The van der Waals surface area contributed by atoms with Crippen molar-refractivity contribution in [3.63, 3.8) is 0 Å². The Balaban J connectivity index is 0.000000471. The molecule has 7 rings (SSSR count). The molecule has 0 unspecified atom stereocenters. The van der Waals surface area contributed by atoms with E-state index in [9.17, 15) is 4.79 Å². The molecule has 2 heterocycles. The molecule has 0 aliphatic rings. The number of ketones is 1. The first-order valence-electron chi connectivity index (χ1n) is 15.1. The second-order valence-electron chi connectivity index (χ2n) is 11.5. The number of aliphatic hydroxyl groups excluding tert-OH is 1. The first kappa shape index (κ1) is 32.6. The fraction of sp³-hybridized carbons (Fsp3) is 0.122. The van der Waals surface area contributed by atoms with Gasteiger partial charge in [-0.25, -0.2) is 0 Å². The molecule has 0 amide bonds. The van der Waals surface area contributed by atoms with Gasteiger partial charge >= 0.3 is 0 Å². The van der Waals surface area contributed by atoms with Gasteiger partial charge < -0.3 is 9.52 Å². The Bertz CT molecular complexity index is 2180. The minimum absolute atomic E-state index is 0. The normalized spacial score (nSPS) is 11.4. The van der Waals surface area contributed by atoms with Gasteiger partial charge in [-0.3, -0.25) is 9.78 Å². The van der Waals surface area contributed by atoms with Crippen molar-refractivity contribution in [2.45, 2.75) is 33.6 Å². The third kappa shape index (κ3) is 6.72. The van der Waals surface area contributed by atoms with Gasteiger partial charge in [-0.15, -0.1) is 12.1 Å². The van der Waals surface area contributed by atoms with Crippen molar-refractivity contribution in [1.82, 2.24) is 4.98 Å².